The van der Waals surface area contributed by atoms with Crippen molar-refractivity contribution in [3.8, 4) is 0 Å². The molecule has 0 spiro atoms. The lowest BCUT2D eigenvalue weighted by Gasteiger charge is -2.29. The predicted octanol–water partition coefficient (Wildman–Crippen LogP) is 2.27. The molecule has 1 aliphatic heterocycles. The highest BCUT2D eigenvalue weighted by Gasteiger charge is 2.38. The second-order valence-corrected chi connectivity index (χ2v) is 8.14. The van der Waals surface area contributed by atoms with E-state index >= 15 is 0 Å². The molecule has 0 radical (unpaired) electrons. The Morgan fingerprint density at radius 3 is 2.90 bits per heavy atom. The monoisotopic (exact) mass is 420 g/mol. The number of carbonyl (C=O) groups is 3. The van der Waals surface area contributed by atoms with Crippen LogP contribution < -0.4 is 10.6 Å². The highest BCUT2D eigenvalue weighted by molar-refractivity contribution is 7.13. The Labute approximate surface area is 172 Å². The Morgan fingerprint density at radius 1 is 1.38 bits per heavy atom. The number of alkyl halides is 1. The smallest absolute Gasteiger partial charge is 0.251 e. The number of nitrogens with zero attached hydrogens (tertiary/aromatic N) is 2. The Hall–Kier alpha value is -2.55. The highest BCUT2D eigenvalue weighted by atomic mass is 32.1. The van der Waals surface area contributed by atoms with Crippen molar-refractivity contribution in [3.63, 3.8) is 0 Å². The van der Waals surface area contributed by atoms with Crippen molar-refractivity contribution >= 4 is 39.3 Å². The van der Waals surface area contributed by atoms with Gasteiger partial charge in [0.2, 0.25) is 11.8 Å². The average Bonchev–Trinajstić information content (AvgIpc) is 3.30. The Kier molecular flexibility index (Phi) is 6.79. The van der Waals surface area contributed by atoms with Gasteiger partial charge in [-0.25, -0.2) is 4.39 Å². The number of likely N-dealkylation sites (tertiary alicyclic amines) is 1. The van der Waals surface area contributed by atoms with E-state index in [1.165, 1.54) is 23.4 Å². The zero-order valence-corrected chi connectivity index (χ0v) is 17.3. The van der Waals surface area contributed by atoms with Crippen LogP contribution in [0.5, 0.6) is 0 Å². The molecule has 156 valence electrons. The van der Waals surface area contributed by atoms with Gasteiger partial charge in [-0.15, -0.1) is 0 Å². The Bertz CT molecular complexity index is 903. The van der Waals surface area contributed by atoms with E-state index in [4.69, 9.17) is 0 Å². The van der Waals surface area contributed by atoms with Crippen molar-refractivity contribution in [2.24, 2.45) is 0 Å². The van der Waals surface area contributed by atoms with Gasteiger partial charge >= 0.3 is 0 Å². The van der Waals surface area contributed by atoms with E-state index in [1.807, 2.05) is 13.0 Å². The van der Waals surface area contributed by atoms with E-state index in [-0.39, 0.29) is 37.2 Å². The van der Waals surface area contributed by atoms with E-state index in [2.05, 4.69) is 15.0 Å². The quantitative estimate of drug-likeness (QED) is 0.719. The highest BCUT2D eigenvalue weighted by Crippen LogP contribution is 2.23. The summed E-state index contributed by atoms with van der Waals surface area (Å²) >= 11 is 1.36. The number of benzene rings is 1. The van der Waals surface area contributed by atoms with E-state index in [1.54, 1.807) is 18.3 Å². The van der Waals surface area contributed by atoms with Gasteiger partial charge in [0.1, 0.15) is 12.2 Å². The van der Waals surface area contributed by atoms with Crippen LogP contribution in [0.1, 0.15) is 43.5 Å². The maximum absolute atomic E-state index is 14.1. The minimum Gasteiger partial charge on any atom is -0.350 e. The Morgan fingerprint density at radius 2 is 2.17 bits per heavy atom. The maximum Gasteiger partial charge on any atom is 0.251 e. The van der Waals surface area contributed by atoms with Gasteiger partial charge in [0.15, 0.2) is 0 Å². The van der Waals surface area contributed by atoms with Gasteiger partial charge in [0.25, 0.3) is 5.91 Å². The van der Waals surface area contributed by atoms with E-state index in [0.29, 0.717) is 18.4 Å². The van der Waals surface area contributed by atoms with Gasteiger partial charge in [-0.05, 0) is 36.2 Å². The first-order valence-corrected chi connectivity index (χ1v) is 10.5. The SMILES string of the molecule is CCCC(NC(C)=O)C(=O)N1C[C@@H](F)C[C@H]1CNC(=O)c1ccc2sncc2c1. The van der Waals surface area contributed by atoms with Gasteiger partial charge in [-0.1, -0.05) is 13.3 Å². The van der Waals surface area contributed by atoms with Crippen LogP contribution in [0.25, 0.3) is 10.1 Å². The lowest BCUT2D eigenvalue weighted by atomic mass is 10.1. The number of hydrogen-bond acceptors (Lipinski definition) is 5. The van der Waals surface area contributed by atoms with Crippen LogP contribution in [0.3, 0.4) is 0 Å². The van der Waals surface area contributed by atoms with Crippen molar-refractivity contribution in [1.29, 1.82) is 0 Å². The minimum atomic E-state index is -1.14. The van der Waals surface area contributed by atoms with Crippen LogP contribution in [0.15, 0.2) is 24.4 Å². The van der Waals surface area contributed by atoms with Crippen molar-refractivity contribution in [2.75, 3.05) is 13.1 Å². The molecule has 0 saturated carbocycles. The molecule has 3 atom stereocenters. The number of carbonyl (C=O) groups excluding carboxylic acids is 3. The lowest BCUT2D eigenvalue weighted by molar-refractivity contribution is -0.137. The summed E-state index contributed by atoms with van der Waals surface area (Å²) < 4.78 is 19.2. The first-order valence-electron chi connectivity index (χ1n) is 9.73. The number of aromatic nitrogens is 1. The first kappa shape index (κ1) is 21.2. The lowest BCUT2D eigenvalue weighted by Crippen LogP contribution is -2.52. The number of hydrogen-bond donors (Lipinski definition) is 2. The third kappa shape index (κ3) is 5.09. The summed E-state index contributed by atoms with van der Waals surface area (Å²) in [6.45, 7) is 3.41. The first-order chi connectivity index (χ1) is 13.9. The Balaban J connectivity index is 1.65. The zero-order valence-electron chi connectivity index (χ0n) is 16.5. The number of halogens is 1. The normalized spacial score (nSPS) is 19.9. The van der Waals surface area contributed by atoms with Crippen LogP contribution in [0.2, 0.25) is 0 Å². The summed E-state index contributed by atoms with van der Waals surface area (Å²) in [4.78, 5) is 38.3. The fourth-order valence-electron chi connectivity index (χ4n) is 3.64. The molecule has 9 heteroatoms. The molecule has 1 unspecified atom stereocenters. The molecule has 2 aromatic rings. The van der Waals surface area contributed by atoms with Crippen LogP contribution in [0, 0.1) is 0 Å². The van der Waals surface area contributed by atoms with Crippen LogP contribution in [-0.4, -0.2) is 58.3 Å². The topological polar surface area (TPSA) is 91.4 Å². The standard InChI is InChI=1S/C20H25FN4O3S/c1-3-4-17(24-12(2)26)20(28)25-11-15(21)8-16(25)10-22-19(27)13-5-6-18-14(7-13)9-23-29-18/h5-7,9,15-17H,3-4,8,10-11H2,1-2H3,(H,22,27)(H,24,26)/t15-,16-,17?/m0/s1. The van der Waals surface area contributed by atoms with Crippen molar-refractivity contribution < 1.29 is 18.8 Å². The molecule has 0 aliphatic carbocycles. The molecular formula is C20H25FN4O3S. The number of fused-ring (bicyclic) bond motifs is 1. The van der Waals surface area contributed by atoms with Crippen LogP contribution in [-0.2, 0) is 9.59 Å². The van der Waals surface area contributed by atoms with Crippen molar-refractivity contribution in [1.82, 2.24) is 19.9 Å². The molecule has 1 saturated heterocycles. The molecule has 1 aromatic heterocycles. The van der Waals surface area contributed by atoms with Crippen LogP contribution >= 0.6 is 11.5 Å². The molecular weight excluding hydrogens is 395 g/mol. The maximum atomic E-state index is 14.1. The molecule has 1 aliphatic rings. The third-order valence-electron chi connectivity index (χ3n) is 5.01. The second-order valence-electron chi connectivity index (χ2n) is 7.31. The van der Waals surface area contributed by atoms with E-state index < -0.39 is 18.3 Å². The molecule has 2 heterocycles. The molecule has 7 nitrogen and oxygen atoms in total. The van der Waals surface area contributed by atoms with E-state index in [0.717, 1.165) is 10.1 Å². The third-order valence-corrected chi connectivity index (χ3v) is 5.79. The number of nitrogens with one attached hydrogen (secondary N) is 2. The fourth-order valence-corrected chi connectivity index (χ4v) is 4.27. The van der Waals surface area contributed by atoms with Crippen molar-refractivity contribution in [3.05, 3.63) is 30.0 Å². The summed E-state index contributed by atoms with van der Waals surface area (Å²) in [7, 11) is 0. The summed E-state index contributed by atoms with van der Waals surface area (Å²) in [5, 5.41) is 6.35. The van der Waals surface area contributed by atoms with E-state index in [9.17, 15) is 18.8 Å². The number of amides is 3. The zero-order chi connectivity index (χ0) is 21.0. The van der Waals surface area contributed by atoms with Gasteiger partial charge in [0.05, 0.1) is 17.3 Å². The predicted molar refractivity (Wildman–Crippen MR) is 109 cm³/mol. The fraction of sp³-hybridized carbons (Fsp3) is 0.500. The summed E-state index contributed by atoms with van der Waals surface area (Å²) in [6, 6.07) is 4.21. The molecule has 2 N–H and O–H groups in total. The number of rotatable bonds is 7. The molecule has 3 amide bonds. The second kappa shape index (κ2) is 9.30. The molecule has 3 rings (SSSR count). The molecule has 1 aromatic carbocycles. The van der Waals surface area contributed by atoms with Gasteiger partial charge in [-0.2, -0.15) is 4.37 Å². The van der Waals surface area contributed by atoms with Gasteiger partial charge < -0.3 is 15.5 Å². The van der Waals surface area contributed by atoms with Crippen LogP contribution in [0.4, 0.5) is 4.39 Å². The average molecular weight is 421 g/mol. The molecule has 29 heavy (non-hydrogen) atoms. The molecule has 0 bridgehead atoms. The van der Waals surface area contributed by atoms with Gasteiger partial charge in [0, 0.05) is 37.0 Å². The largest absolute Gasteiger partial charge is 0.350 e. The molecule has 1 fully saturated rings. The van der Waals surface area contributed by atoms with Crippen molar-refractivity contribution in [2.45, 2.75) is 51.4 Å². The summed E-state index contributed by atoms with van der Waals surface area (Å²) in [5.74, 6) is -0.872. The minimum absolute atomic E-state index is 0.0221. The summed E-state index contributed by atoms with van der Waals surface area (Å²) in [5.41, 5.74) is 0.493. The van der Waals surface area contributed by atoms with Gasteiger partial charge in [-0.3, -0.25) is 14.4 Å². The summed E-state index contributed by atoms with van der Waals surface area (Å²) in [6.07, 6.45) is 1.93.